The van der Waals surface area contributed by atoms with Gasteiger partial charge in [0.2, 0.25) is 0 Å². The summed E-state index contributed by atoms with van der Waals surface area (Å²) in [4.78, 5) is 7.44. The number of pyridine rings is 1. The average Bonchev–Trinajstić information content (AvgIpc) is 2.53. The molecule has 4 nitrogen and oxygen atoms in total. The summed E-state index contributed by atoms with van der Waals surface area (Å²) in [5.41, 5.74) is 1.37. The van der Waals surface area contributed by atoms with Gasteiger partial charge >= 0.3 is 0 Å². The van der Waals surface area contributed by atoms with Crippen LogP contribution in [-0.4, -0.2) is 28.3 Å². The van der Waals surface area contributed by atoms with Gasteiger partial charge in [0.1, 0.15) is 0 Å². The Morgan fingerprint density at radius 1 is 1.59 bits per heavy atom. The van der Waals surface area contributed by atoms with Gasteiger partial charge in [-0.3, -0.25) is 4.57 Å². The van der Waals surface area contributed by atoms with E-state index in [1.807, 2.05) is 10.6 Å². The molecule has 6 heteroatoms. The van der Waals surface area contributed by atoms with Crippen molar-refractivity contribution in [2.45, 2.75) is 19.4 Å². The number of nitrogens with zero attached hydrogens (tertiary/aromatic N) is 2. The first-order valence-electron chi connectivity index (χ1n) is 5.21. The molecule has 2 heterocycles. The molecule has 0 saturated carbocycles. The fraction of sp³-hybridized carbons (Fsp3) is 0.455. The Bertz CT molecular complexity index is 602. The van der Waals surface area contributed by atoms with Gasteiger partial charge in [0, 0.05) is 13.3 Å². The molecule has 0 atom stereocenters. The van der Waals surface area contributed by atoms with Crippen molar-refractivity contribution in [2.24, 2.45) is 0 Å². The van der Waals surface area contributed by atoms with Gasteiger partial charge in [-0.05, 0) is 32.1 Å². The zero-order chi connectivity index (χ0) is 12.6. The third-order valence-electron chi connectivity index (χ3n) is 2.59. The number of rotatable bonds is 3. The Kier molecular flexibility index (Phi) is 3.25. The lowest BCUT2D eigenvalue weighted by molar-refractivity contribution is 0.111. The maximum atomic E-state index is 5.91. The second kappa shape index (κ2) is 4.40. The fourth-order valence-corrected chi connectivity index (χ4v) is 2.55. The van der Waals surface area contributed by atoms with E-state index in [4.69, 9.17) is 28.6 Å². The van der Waals surface area contributed by atoms with Crippen molar-refractivity contribution in [3.63, 3.8) is 0 Å². The van der Waals surface area contributed by atoms with Crippen LogP contribution in [0, 0.1) is 4.77 Å². The van der Waals surface area contributed by atoms with Gasteiger partial charge < -0.3 is 9.72 Å². The summed E-state index contributed by atoms with van der Waals surface area (Å²) in [7, 11) is 1.67. The van der Waals surface area contributed by atoms with Gasteiger partial charge in [0.25, 0.3) is 0 Å². The molecule has 0 bridgehead atoms. The molecule has 1 N–H and O–H groups in total. The first kappa shape index (κ1) is 12.5. The van der Waals surface area contributed by atoms with Gasteiger partial charge in [-0.15, -0.1) is 0 Å². The number of ether oxygens (including phenoxy) is 1. The molecule has 2 aromatic rings. The predicted octanol–water partition coefficient (Wildman–Crippen LogP) is 3.13. The van der Waals surface area contributed by atoms with Crippen LogP contribution in [0.4, 0.5) is 0 Å². The minimum Gasteiger partial charge on any atom is -0.382 e. The van der Waals surface area contributed by atoms with E-state index >= 15 is 0 Å². The lowest BCUT2D eigenvalue weighted by Crippen LogP contribution is -2.31. The van der Waals surface area contributed by atoms with E-state index in [1.54, 1.807) is 13.3 Å². The first-order chi connectivity index (χ1) is 7.95. The third kappa shape index (κ3) is 2.22. The quantitative estimate of drug-likeness (QED) is 0.872. The molecular weight excluding hydrogens is 258 g/mol. The first-order valence-corrected chi connectivity index (χ1v) is 6.00. The molecule has 0 aliphatic carbocycles. The van der Waals surface area contributed by atoms with E-state index in [1.165, 1.54) is 0 Å². The average molecular weight is 272 g/mol. The SMILES string of the molecule is COCC(C)(C)n1c(=S)[nH]c2cc(Cl)cnc21. The molecule has 0 spiro atoms. The van der Waals surface area contributed by atoms with Gasteiger partial charge in [-0.25, -0.2) is 4.98 Å². The minimum absolute atomic E-state index is 0.259. The predicted molar refractivity (Wildman–Crippen MR) is 71.1 cm³/mol. The number of methoxy groups -OCH3 is 1. The van der Waals surface area contributed by atoms with E-state index in [-0.39, 0.29) is 5.54 Å². The molecular formula is C11H14ClN3OS. The molecule has 0 amide bonds. The van der Waals surface area contributed by atoms with Crippen LogP contribution in [0.15, 0.2) is 12.3 Å². The topological polar surface area (TPSA) is 42.8 Å². The van der Waals surface area contributed by atoms with Crippen LogP contribution in [0.2, 0.25) is 5.02 Å². The highest BCUT2D eigenvalue weighted by molar-refractivity contribution is 7.71. The Labute approximate surface area is 110 Å². The van der Waals surface area contributed by atoms with Crippen LogP contribution >= 0.6 is 23.8 Å². The molecule has 0 aliphatic rings. The lowest BCUT2D eigenvalue weighted by Gasteiger charge is -2.25. The van der Waals surface area contributed by atoms with E-state index in [9.17, 15) is 0 Å². The molecule has 0 unspecified atom stereocenters. The molecule has 92 valence electrons. The van der Waals surface area contributed by atoms with Gasteiger partial charge in [-0.2, -0.15) is 0 Å². The summed E-state index contributed by atoms with van der Waals surface area (Å²) in [5, 5.41) is 0.588. The van der Waals surface area contributed by atoms with Crippen molar-refractivity contribution in [3.8, 4) is 0 Å². The maximum absolute atomic E-state index is 5.91. The number of hydrogen-bond donors (Lipinski definition) is 1. The molecule has 0 fully saturated rings. The zero-order valence-electron chi connectivity index (χ0n) is 9.95. The van der Waals surface area contributed by atoms with Crippen LogP contribution in [0.5, 0.6) is 0 Å². The summed E-state index contributed by atoms with van der Waals surface area (Å²) in [5.74, 6) is 0. The number of imidazole rings is 1. The van der Waals surface area contributed by atoms with E-state index < -0.39 is 0 Å². The molecule has 0 aliphatic heterocycles. The molecule has 17 heavy (non-hydrogen) atoms. The largest absolute Gasteiger partial charge is 0.382 e. The minimum atomic E-state index is -0.259. The van der Waals surface area contributed by atoms with Crippen LogP contribution in [0.3, 0.4) is 0 Å². The van der Waals surface area contributed by atoms with Gasteiger partial charge in [0.15, 0.2) is 10.4 Å². The van der Waals surface area contributed by atoms with E-state index in [2.05, 4.69) is 23.8 Å². The highest BCUT2D eigenvalue weighted by atomic mass is 35.5. The molecule has 0 saturated heterocycles. The van der Waals surface area contributed by atoms with Crippen molar-refractivity contribution in [3.05, 3.63) is 22.1 Å². The van der Waals surface area contributed by atoms with Crippen molar-refractivity contribution < 1.29 is 4.74 Å². The van der Waals surface area contributed by atoms with Gasteiger partial charge in [0.05, 0.1) is 22.7 Å². The number of aromatic nitrogens is 3. The number of aromatic amines is 1. The highest BCUT2D eigenvalue weighted by Gasteiger charge is 2.24. The monoisotopic (exact) mass is 271 g/mol. The second-order valence-electron chi connectivity index (χ2n) is 4.54. The number of H-pyrrole nitrogens is 1. The third-order valence-corrected chi connectivity index (χ3v) is 3.08. The van der Waals surface area contributed by atoms with Crippen molar-refractivity contribution in [1.29, 1.82) is 0 Å². The smallest absolute Gasteiger partial charge is 0.179 e. The fourth-order valence-electron chi connectivity index (χ4n) is 1.95. The summed E-state index contributed by atoms with van der Waals surface area (Å²) in [6, 6.07) is 1.82. The van der Waals surface area contributed by atoms with Crippen molar-refractivity contribution in [2.75, 3.05) is 13.7 Å². The van der Waals surface area contributed by atoms with Crippen LogP contribution < -0.4 is 0 Å². The number of hydrogen-bond acceptors (Lipinski definition) is 3. The highest BCUT2D eigenvalue weighted by Crippen LogP contribution is 2.24. The molecule has 2 aromatic heterocycles. The van der Waals surface area contributed by atoms with Crippen LogP contribution in [0.25, 0.3) is 11.2 Å². The Morgan fingerprint density at radius 3 is 2.94 bits per heavy atom. The van der Waals surface area contributed by atoms with E-state index in [0.717, 1.165) is 11.2 Å². The van der Waals surface area contributed by atoms with Crippen LogP contribution in [0.1, 0.15) is 13.8 Å². The standard InChI is InChI=1S/C11H14ClN3OS/c1-11(2,6-16-3)15-9-8(14-10(15)17)4-7(12)5-13-9/h4-5H,6H2,1-3H3,(H,14,17). The van der Waals surface area contributed by atoms with Crippen molar-refractivity contribution in [1.82, 2.24) is 14.5 Å². The zero-order valence-corrected chi connectivity index (χ0v) is 11.5. The Morgan fingerprint density at radius 2 is 2.29 bits per heavy atom. The second-order valence-corrected chi connectivity index (χ2v) is 5.36. The molecule has 0 radical (unpaired) electrons. The molecule has 0 aromatic carbocycles. The summed E-state index contributed by atoms with van der Waals surface area (Å²) < 4.78 is 7.80. The lowest BCUT2D eigenvalue weighted by atomic mass is 10.1. The molecule has 2 rings (SSSR count). The summed E-state index contributed by atoms with van der Waals surface area (Å²) in [6.45, 7) is 4.66. The summed E-state index contributed by atoms with van der Waals surface area (Å²) in [6.07, 6.45) is 1.62. The normalized spacial score (nSPS) is 12.2. The maximum Gasteiger partial charge on any atom is 0.179 e. The van der Waals surface area contributed by atoms with Gasteiger partial charge in [-0.1, -0.05) is 11.6 Å². The number of halogens is 1. The summed E-state index contributed by atoms with van der Waals surface area (Å²) >= 11 is 11.2. The van der Waals surface area contributed by atoms with Crippen molar-refractivity contribution >= 4 is 35.0 Å². The van der Waals surface area contributed by atoms with Crippen LogP contribution in [-0.2, 0) is 10.3 Å². The Balaban J connectivity index is 2.69. The van der Waals surface area contributed by atoms with E-state index in [0.29, 0.717) is 16.4 Å². The Hall–Kier alpha value is -0.910. The number of nitrogens with one attached hydrogen (secondary N) is 1. The number of fused-ring (bicyclic) bond motifs is 1.